The second kappa shape index (κ2) is 7.85. The van der Waals surface area contributed by atoms with Crippen LogP contribution in [0.1, 0.15) is 0 Å². The Morgan fingerprint density at radius 1 is 1.14 bits per heavy atom. The first kappa shape index (κ1) is 18.2. The Hall–Kier alpha value is -3.14. The summed E-state index contributed by atoms with van der Waals surface area (Å²) in [6.45, 7) is 2.25. The number of carbonyl (C=O) groups is 1. The van der Waals surface area contributed by atoms with Gasteiger partial charge in [0.15, 0.2) is 10.9 Å². The van der Waals surface area contributed by atoms with Gasteiger partial charge in [-0.1, -0.05) is 0 Å². The fourth-order valence-electron chi connectivity index (χ4n) is 2.89. The van der Waals surface area contributed by atoms with Crippen LogP contribution in [-0.2, 0) is 0 Å². The standard InChI is InChI=1S/C18H16F2N6OS/c19-12-3-4-13(14(20)10-12)15-11-28-18(22-15)26-8-6-25(7-9-26)17(27)23-16-2-1-5-21-24-16/h1-5,10-11H,6-9H2,(H,23,24,27). The van der Waals surface area contributed by atoms with Crippen molar-refractivity contribution in [2.24, 2.45) is 0 Å². The van der Waals surface area contributed by atoms with Gasteiger partial charge >= 0.3 is 6.03 Å². The number of halogens is 2. The van der Waals surface area contributed by atoms with Crippen LogP contribution in [0.25, 0.3) is 11.3 Å². The molecule has 10 heteroatoms. The number of urea groups is 1. The summed E-state index contributed by atoms with van der Waals surface area (Å²) >= 11 is 1.39. The average Bonchev–Trinajstić information content (AvgIpc) is 3.19. The van der Waals surface area contributed by atoms with Gasteiger partial charge in [-0.05, 0) is 24.3 Å². The van der Waals surface area contributed by atoms with E-state index < -0.39 is 11.6 Å². The molecule has 2 aromatic heterocycles. The average molecular weight is 402 g/mol. The van der Waals surface area contributed by atoms with E-state index >= 15 is 0 Å². The summed E-state index contributed by atoms with van der Waals surface area (Å²) in [4.78, 5) is 20.5. The van der Waals surface area contributed by atoms with Crippen molar-refractivity contribution in [2.45, 2.75) is 0 Å². The smallest absolute Gasteiger partial charge is 0.323 e. The highest BCUT2D eigenvalue weighted by molar-refractivity contribution is 7.14. The molecule has 1 fully saturated rings. The molecule has 0 unspecified atom stereocenters. The Kier molecular flexibility index (Phi) is 5.11. The summed E-state index contributed by atoms with van der Waals surface area (Å²) in [6, 6.07) is 6.60. The first-order valence-corrected chi connectivity index (χ1v) is 9.47. The minimum absolute atomic E-state index is 0.228. The molecule has 1 saturated heterocycles. The van der Waals surface area contributed by atoms with Crippen LogP contribution in [0.4, 0.5) is 24.5 Å². The van der Waals surface area contributed by atoms with Gasteiger partial charge in [-0.25, -0.2) is 18.6 Å². The van der Waals surface area contributed by atoms with E-state index in [1.807, 2.05) is 4.90 Å². The highest BCUT2D eigenvalue weighted by atomic mass is 32.1. The summed E-state index contributed by atoms with van der Waals surface area (Å²) in [5, 5.41) is 12.8. The van der Waals surface area contributed by atoms with E-state index in [4.69, 9.17) is 0 Å². The summed E-state index contributed by atoms with van der Waals surface area (Å²) in [5.74, 6) is -0.851. The molecule has 0 radical (unpaired) electrons. The topological polar surface area (TPSA) is 74.2 Å². The van der Waals surface area contributed by atoms with Gasteiger partial charge < -0.3 is 9.80 Å². The van der Waals surface area contributed by atoms with Gasteiger partial charge in [0.05, 0.1) is 5.69 Å². The second-order valence-electron chi connectivity index (χ2n) is 6.15. The molecule has 1 aliphatic heterocycles. The molecule has 1 N–H and O–H groups in total. The number of benzene rings is 1. The third kappa shape index (κ3) is 3.91. The van der Waals surface area contributed by atoms with Gasteiger partial charge in [0, 0.05) is 49.4 Å². The van der Waals surface area contributed by atoms with Crippen LogP contribution >= 0.6 is 11.3 Å². The molecular weight excluding hydrogens is 386 g/mol. The third-order valence-electron chi connectivity index (χ3n) is 4.34. The number of hydrogen-bond acceptors (Lipinski definition) is 6. The number of carbonyl (C=O) groups excluding carboxylic acids is 1. The van der Waals surface area contributed by atoms with Crippen LogP contribution in [0.2, 0.25) is 0 Å². The number of nitrogens with zero attached hydrogens (tertiary/aromatic N) is 5. The normalized spacial score (nSPS) is 14.2. The number of thiazole rings is 1. The van der Waals surface area contributed by atoms with E-state index in [0.717, 1.165) is 11.2 Å². The lowest BCUT2D eigenvalue weighted by Gasteiger charge is -2.34. The molecule has 0 spiro atoms. The third-order valence-corrected chi connectivity index (χ3v) is 5.25. The van der Waals surface area contributed by atoms with Crippen molar-refractivity contribution in [3.63, 3.8) is 0 Å². The minimum atomic E-state index is -0.637. The second-order valence-corrected chi connectivity index (χ2v) is 6.99. The van der Waals surface area contributed by atoms with Crippen LogP contribution in [0, 0.1) is 11.6 Å². The van der Waals surface area contributed by atoms with E-state index in [1.54, 1.807) is 22.4 Å². The van der Waals surface area contributed by atoms with Crippen molar-refractivity contribution in [2.75, 3.05) is 36.4 Å². The van der Waals surface area contributed by atoms with Gasteiger partial charge in [-0.15, -0.1) is 16.4 Å². The molecule has 0 bridgehead atoms. The van der Waals surface area contributed by atoms with Crippen molar-refractivity contribution in [3.8, 4) is 11.3 Å². The van der Waals surface area contributed by atoms with E-state index in [-0.39, 0.29) is 11.6 Å². The van der Waals surface area contributed by atoms with Crippen molar-refractivity contribution < 1.29 is 13.6 Å². The predicted octanol–water partition coefficient (Wildman–Crippen LogP) is 3.23. The van der Waals surface area contributed by atoms with Crippen LogP contribution in [0.3, 0.4) is 0 Å². The molecule has 1 aromatic carbocycles. The van der Waals surface area contributed by atoms with E-state index in [0.29, 0.717) is 37.7 Å². The van der Waals surface area contributed by atoms with E-state index in [2.05, 4.69) is 20.5 Å². The fourth-order valence-corrected chi connectivity index (χ4v) is 3.77. The lowest BCUT2D eigenvalue weighted by molar-refractivity contribution is 0.208. The molecule has 7 nitrogen and oxygen atoms in total. The number of hydrogen-bond donors (Lipinski definition) is 1. The Balaban J connectivity index is 1.38. The lowest BCUT2D eigenvalue weighted by atomic mass is 10.1. The van der Waals surface area contributed by atoms with Gasteiger partial charge in [0.25, 0.3) is 0 Å². The Labute approximate surface area is 163 Å². The Morgan fingerprint density at radius 3 is 2.68 bits per heavy atom. The zero-order chi connectivity index (χ0) is 19.5. The van der Waals surface area contributed by atoms with Gasteiger partial charge in [0.1, 0.15) is 11.6 Å². The molecule has 0 aliphatic carbocycles. The Morgan fingerprint density at radius 2 is 1.96 bits per heavy atom. The maximum absolute atomic E-state index is 14.0. The summed E-state index contributed by atoms with van der Waals surface area (Å²) in [7, 11) is 0. The summed E-state index contributed by atoms with van der Waals surface area (Å²) in [5.41, 5.74) is 0.742. The molecule has 4 rings (SSSR count). The van der Waals surface area contributed by atoms with Gasteiger partial charge in [0.2, 0.25) is 0 Å². The highest BCUT2D eigenvalue weighted by Crippen LogP contribution is 2.30. The summed E-state index contributed by atoms with van der Waals surface area (Å²) < 4.78 is 27.0. The maximum Gasteiger partial charge on any atom is 0.323 e. The molecule has 28 heavy (non-hydrogen) atoms. The number of piperazine rings is 1. The number of rotatable bonds is 3. The van der Waals surface area contributed by atoms with Crippen LogP contribution < -0.4 is 10.2 Å². The maximum atomic E-state index is 14.0. The number of amides is 2. The van der Waals surface area contributed by atoms with E-state index in [9.17, 15) is 13.6 Å². The van der Waals surface area contributed by atoms with E-state index in [1.165, 1.54) is 29.7 Å². The van der Waals surface area contributed by atoms with Crippen molar-refractivity contribution in [1.82, 2.24) is 20.1 Å². The molecular formula is C18H16F2N6OS. The van der Waals surface area contributed by atoms with Crippen LogP contribution in [0.5, 0.6) is 0 Å². The monoisotopic (exact) mass is 402 g/mol. The van der Waals surface area contributed by atoms with Crippen LogP contribution in [-0.4, -0.2) is 52.3 Å². The fraction of sp³-hybridized carbons (Fsp3) is 0.222. The highest BCUT2D eigenvalue weighted by Gasteiger charge is 2.23. The molecule has 2 amide bonds. The van der Waals surface area contributed by atoms with Crippen molar-refractivity contribution in [1.29, 1.82) is 0 Å². The zero-order valence-electron chi connectivity index (χ0n) is 14.7. The number of aromatic nitrogens is 3. The molecule has 3 heterocycles. The summed E-state index contributed by atoms with van der Waals surface area (Å²) in [6.07, 6.45) is 1.54. The first-order chi connectivity index (χ1) is 13.6. The SMILES string of the molecule is O=C(Nc1cccnn1)N1CCN(c2nc(-c3ccc(F)cc3F)cs2)CC1. The lowest BCUT2D eigenvalue weighted by Crippen LogP contribution is -2.50. The zero-order valence-corrected chi connectivity index (χ0v) is 15.5. The quantitative estimate of drug-likeness (QED) is 0.728. The van der Waals surface area contributed by atoms with Gasteiger partial charge in [-0.2, -0.15) is 5.10 Å². The minimum Gasteiger partial charge on any atom is -0.345 e. The molecule has 1 aliphatic rings. The number of anilines is 2. The predicted molar refractivity (Wildman–Crippen MR) is 102 cm³/mol. The molecule has 0 saturated carbocycles. The van der Waals surface area contributed by atoms with Gasteiger partial charge in [-0.3, -0.25) is 5.32 Å². The van der Waals surface area contributed by atoms with Crippen molar-refractivity contribution in [3.05, 3.63) is 53.5 Å². The first-order valence-electron chi connectivity index (χ1n) is 8.60. The molecule has 144 valence electrons. The molecule has 0 atom stereocenters. The van der Waals surface area contributed by atoms with Crippen LogP contribution in [0.15, 0.2) is 41.9 Å². The Bertz CT molecular complexity index is 975. The number of nitrogens with one attached hydrogen (secondary N) is 1. The molecule has 3 aromatic rings. The largest absolute Gasteiger partial charge is 0.345 e. The van der Waals surface area contributed by atoms with Crippen molar-refractivity contribution >= 4 is 28.3 Å².